The van der Waals surface area contributed by atoms with Crippen LogP contribution in [0.15, 0.2) is 0 Å². The van der Waals surface area contributed by atoms with E-state index in [1.54, 1.807) is 6.92 Å². The van der Waals surface area contributed by atoms with Crippen LogP contribution in [0, 0.1) is 0 Å². The van der Waals surface area contributed by atoms with Gasteiger partial charge in [0.2, 0.25) is 0 Å². The first kappa shape index (κ1) is 11.9. The van der Waals surface area contributed by atoms with Gasteiger partial charge in [-0.3, -0.25) is 0 Å². The second-order valence-electron chi connectivity index (χ2n) is 3.07. The summed E-state index contributed by atoms with van der Waals surface area (Å²) < 4.78 is 10.5. The van der Waals surface area contributed by atoms with E-state index in [1.807, 2.05) is 6.92 Å². The van der Waals surface area contributed by atoms with Gasteiger partial charge in [0, 0.05) is 6.61 Å². The van der Waals surface area contributed by atoms with Crippen LogP contribution in [0.4, 0.5) is 0 Å². The minimum Gasteiger partial charge on any atom is -0.391 e. The van der Waals surface area contributed by atoms with Crippen LogP contribution in [0.3, 0.4) is 0 Å². The molecular weight excluding hydrogens is 156 g/mol. The number of hydrogen-bond donors (Lipinski definition) is 1. The van der Waals surface area contributed by atoms with Crippen molar-refractivity contribution in [1.29, 1.82) is 0 Å². The Morgan fingerprint density at radius 3 is 2.42 bits per heavy atom. The van der Waals surface area contributed by atoms with Crippen LogP contribution in [0.1, 0.15) is 27.2 Å². The summed E-state index contributed by atoms with van der Waals surface area (Å²) in [5.74, 6) is 0. The van der Waals surface area contributed by atoms with E-state index >= 15 is 0 Å². The maximum absolute atomic E-state index is 8.88. The summed E-state index contributed by atoms with van der Waals surface area (Å²) in [5, 5.41) is 8.88. The molecule has 74 valence electrons. The van der Waals surface area contributed by atoms with Gasteiger partial charge in [0.1, 0.15) is 0 Å². The summed E-state index contributed by atoms with van der Waals surface area (Å²) in [5.41, 5.74) is 0. The van der Waals surface area contributed by atoms with Crippen molar-refractivity contribution in [2.75, 3.05) is 19.8 Å². The first-order valence-corrected chi connectivity index (χ1v) is 4.54. The quantitative estimate of drug-likeness (QED) is 0.633. The van der Waals surface area contributed by atoms with Crippen molar-refractivity contribution in [2.45, 2.75) is 39.4 Å². The average Bonchev–Trinajstić information content (AvgIpc) is 2.00. The van der Waals surface area contributed by atoms with E-state index in [0.717, 1.165) is 13.0 Å². The van der Waals surface area contributed by atoms with Gasteiger partial charge in [-0.2, -0.15) is 0 Å². The lowest BCUT2D eigenvalue weighted by atomic mass is 10.4. The summed E-state index contributed by atoms with van der Waals surface area (Å²) in [4.78, 5) is 0. The van der Waals surface area contributed by atoms with Crippen molar-refractivity contribution in [3.63, 3.8) is 0 Å². The second-order valence-corrected chi connectivity index (χ2v) is 3.07. The fraction of sp³-hybridized carbons (Fsp3) is 1.00. The third-order valence-corrected chi connectivity index (χ3v) is 1.32. The lowest BCUT2D eigenvalue weighted by molar-refractivity contribution is -0.0280. The molecule has 3 heteroatoms. The van der Waals surface area contributed by atoms with E-state index in [2.05, 4.69) is 6.92 Å². The molecule has 0 aromatic rings. The number of aliphatic hydroxyl groups excluding tert-OH is 1. The van der Waals surface area contributed by atoms with Gasteiger partial charge in [-0.25, -0.2) is 0 Å². The minimum atomic E-state index is -0.386. The Balaban J connectivity index is 3.13. The molecule has 0 saturated heterocycles. The molecule has 0 bridgehead atoms. The molecule has 0 aromatic carbocycles. The molecular formula is C9H20O3. The monoisotopic (exact) mass is 176 g/mol. The van der Waals surface area contributed by atoms with Crippen LogP contribution < -0.4 is 0 Å². The Morgan fingerprint density at radius 2 is 1.92 bits per heavy atom. The molecule has 0 fully saturated rings. The van der Waals surface area contributed by atoms with Gasteiger partial charge in [0.05, 0.1) is 25.4 Å². The maximum Gasteiger partial charge on any atom is 0.0780 e. The molecule has 0 aliphatic heterocycles. The molecule has 0 amide bonds. The fourth-order valence-corrected chi connectivity index (χ4v) is 0.772. The molecule has 0 saturated carbocycles. The number of aliphatic hydroxyl groups is 1. The third kappa shape index (κ3) is 7.98. The summed E-state index contributed by atoms with van der Waals surface area (Å²) in [6.07, 6.45) is 0.771. The topological polar surface area (TPSA) is 38.7 Å². The van der Waals surface area contributed by atoms with Crippen LogP contribution in [0.5, 0.6) is 0 Å². The first-order valence-electron chi connectivity index (χ1n) is 4.54. The molecule has 0 rings (SSSR count). The summed E-state index contributed by atoms with van der Waals surface area (Å²) in [6, 6.07) is 0. The Kier molecular flexibility index (Phi) is 7.45. The van der Waals surface area contributed by atoms with Gasteiger partial charge in [-0.15, -0.1) is 0 Å². The fourth-order valence-electron chi connectivity index (χ4n) is 0.772. The van der Waals surface area contributed by atoms with Crippen molar-refractivity contribution in [2.24, 2.45) is 0 Å². The van der Waals surface area contributed by atoms with Gasteiger partial charge in [0.15, 0.2) is 0 Å². The van der Waals surface area contributed by atoms with E-state index in [-0.39, 0.29) is 12.2 Å². The molecule has 0 spiro atoms. The Bertz CT molecular complexity index is 93.8. The largest absolute Gasteiger partial charge is 0.391 e. The normalized spacial score (nSPS) is 16.0. The van der Waals surface area contributed by atoms with E-state index in [0.29, 0.717) is 13.2 Å². The van der Waals surface area contributed by atoms with E-state index in [1.165, 1.54) is 0 Å². The molecule has 0 radical (unpaired) electrons. The number of rotatable bonds is 7. The van der Waals surface area contributed by atoms with Crippen LogP contribution in [-0.2, 0) is 9.47 Å². The lowest BCUT2D eigenvalue weighted by Crippen LogP contribution is -2.20. The molecule has 12 heavy (non-hydrogen) atoms. The average molecular weight is 176 g/mol. The van der Waals surface area contributed by atoms with Gasteiger partial charge in [-0.05, 0) is 20.3 Å². The first-order chi connectivity index (χ1) is 5.66. The molecule has 3 nitrogen and oxygen atoms in total. The molecule has 0 aromatic heterocycles. The predicted octanol–water partition coefficient (Wildman–Crippen LogP) is 1.20. The lowest BCUT2D eigenvalue weighted by Gasteiger charge is -2.13. The zero-order valence-corrected chi connectivity index (χ0v) is 8.25. The standard InChI is InChI=1S/C9H20O3/c1-4-5-12-9(3)7-11-6-8(2)10/h8-10H,4-7H2,1-3H3. The molecule has 0 aliphatic rings. The third-order valence-electron chi connectivity index (χ3n) is 1.32. The van der Waals surface area contributed by atoms with E-state index in [9.17, 15) is 0 Å². The minimum absolute atomic E-state index is 0.128. The zero-order chi connectivity index (χ0) is 9.40. The van der Waals surface area contributed by atoms with Gasteiger partial charge in [-0.1, -0.05) is 6.92 Å². The van der Waals surface area contributed by atoms with Crippen LogP contribution in [-0.4, -0.2) is 37.1 Å². The number of ether oxygens (including phenoxy) is 2. The van der Waals surface area contributed by atoms with E-state index < -0.39 is 0 Å². The zero-order valence-electron chi connectivity index (χ0n) is 8.25. The van der Waals surface area contributed by atoms with Gasteiger partial charge < -0.3 is 14.6 Å². The van der Waals surface area contributed by atoms with Crippen LogP contribution in [0.25, 0.3) is 0 Å². The van der Waals surface area contributed by atoms with E-state index in [4.69, 9.17) is 14.6 Å². The molecule has 0 aliphatic carbocycles. The Hall–Kier alpha value is -0.120. The molecule has 2 atom stereocenters. The Labute approximate surface area is 74.7 Å². The highest BCUT2D eigenvalue weighted by Gasteiger charge is 2.02. The van der Waals surface area contributed by atoms with Crippen LogP contribution in [0.2, 0.25) is 0 Å². The highest BCUT2D eigenvalue weighted by Crippen LogP contribution is 1.94. The smallest absolute Gasteiger partial charge is 0.0780 e. The molecule has 0 heterocycles. The molecule has 1 N–H and O–H groups in total. The van der Waals surface area contributed by atoms with Crippen molar-refractivity contribution >= 4 is 0 Å². The van der Waals surface area contributed by atoms with Crippen LogP contribution >= 0.6 is 0 Å². The van der Waals surface area contributed by atoms with Crippen molar-refractivity contribution in [3.05, 3.63) is 0 Å². The maximum atomic E-state index is 8.88. The summed E-state index contributed by atoms with van der Waals surface area (Å²) >= 11 is 0. The van der Waals surface area contributed by atoms with Crippen molar-refractivity contribution < 1.29 is 14.6 Å². The highest BCUT2D eigenvalue weighted by atomic mass is 16.5. The SMILES string of the molecule is CCCOC(C)COCC(C)O. The van der Waals surface area contributed by atoms with Crippen molar-refractivity contribution in [1.82, 2.24) is 0 Å². The van der Waals surface area contributed by atoms with Gasteiger partial charge in [0.25, 0.3) is 0 Å². The number of hydrogen-bond acceptors (Lipinski definition) is 3. The van der Waals surface area contributed by atoms with Crippen molar-refractivity contribution in [3.8, 4) is 0 Å². The highest BCUT2D eigenvalue weighted by molar-refractivity contribution is 4.48. The summed E-state index contributed by atoms with van der Waals surface area (Å²) in [6.45, 7) is 7.47. The molecule has 2 unspecified atom stereocenters. The van der Waals surface area contributed by atoms with Gasteiger partial charge >= 0.3 is 0 Å². The second kappa shape index (κ2) is 7.53. The predicted molar refractivity (Wildman–Crippen MR) is 48.2 cm³/mol. The Morgan fingerprint density at radius 1 is 1.25 bits per heavy atom. The summed E-state index contributed by atoms with van der Waals surface area (Å²) in [7, 11) is 0.